The molecule has 164 valence electrons. The predicted octanol–water partition coefficient (Wildman–Crippen LogP) is 3.30. The maximum Gasteiger partial charge on any atom is 0.225 e. The number of aromatic nitrogens is 3. The fourth-order valence-electron chi connectivity index (χ4n) is 3.90. The Morgan fingerprint density at radius 1 is 1.06 bits per heavy atom. The van der Waals surface area contributed by atoms with Crippen LogP contribution in [0.4, 0.5) is 10.3 Å². The second-order valence-corrected chi connectivity index (χ2v) is 7.76. The first-order valence-corrected chi connectivity index (χ1v) is 10.9. The molecule has 0 amide bonds. The zero-order valence-electron chi connectivity index (χ0n) is 18.0. The fraction of sp³-hybridized carbons (Fsp3) is 0.435. The Morgan fingerprint density at radius 3 is 2.58 bits per heavy atom. The van der Waals surface area contributed by atoms with Crippen LogP contribution in [0, 0.1) is 5.82 Å². The van der Waals surface area contributed by atoms with Gasteiger partial charge < -0.3 is 9.42 Å². The molecule has 4 rings (SSSR count). The summed E-state index contributed by atoms with van der Waals surface area (Å²) in [4.78, 5) is 15.8. The van der Waals surface area contributed by atoms with Crippen LogP contribution >= 0.6 is 0 Å². The number of nitrogens with zero attached hydrogens (tertiary/aromatic N) is 6. The number of piperazine rings is 1. The molecule has 0 bridgehead atoms. The first-order chi connectivity index (χ1) is 15.2. The lowest BCUT2D eigenvalue weighted by Crippen LogP contribution is -2.47. The van der Waals surface area contributed by atoms with E-state index in [1.54, 1.807) is 30.6 Å². The van der Waals surface area contributed by atoms with Crippen molar-refractivity contribution in [3.63, 3.8) is 0 Å². The van der Waals surface area contributed by atoms with Gasteiger partial charge in [0.15, 0.2) is 5.76 Å². The lowest BCUT2D eigenvalue weighted by molar-refractivity contribution is 0.206. The lowest BCUT2D eigenvalue weighted by atomic mass is 10.1. The molecule has 0 aliphatic carbocycles. The van der Waals surface area contributed by atoms with Crippen LogP contribution in [0.5, 0.6) is 0 Å². The molecule has 31 heavy (non-hydrogen) atoms. The van der Waals surface area contributed by atoms with Crippen LogP contribution < -0.4 is 4.90 Å². The maximum atomic E-state index is 14.0. The van der Waals surface area contributed by atoms with Crippen LogP contribution in [0.3, 0.4) is 0 Å². The van der Waals surface area contributed by atoms with Crippen LogP contribution in [0.25, 0.3) is 11.3 Å². The summed E-state index contributed by atoms with van der Waals surface area (Å²) >= 11 is 0. The molecule has 1 aliphatic heterocycles. The zero-order valence-corrected chi connectivity index (χ0v) is 18.0. The van der Waals surface area contributed by atoms with E-state index in [2.05, 4.69) is 36.7 Å². The first kappa shape index (κ1) is 21.4. The van der Waals surface area contributed by atoms with Crippen LogP contribution in [-0.4, -0.2) is 70.7 Å². The third kappa shape index (κ3) is 5.65. The lowest BCUT2D eigenvalue weighted by Gasteiger charge is -2.35. The van der Waals surface area contributed by atoms with Gasteiger partial charge in [-0.3, -0.25) is 9.80 Å². The van der Waals surface area contributed by atoms with E-state index >= 15 is 0 Å². The van der Waals surface area contributed by atoms with E-state index in [0.717, 1.165) is 63.9 Å². The van der Waals surface area contributed by atoms with Gasteiger partial charge >= 0.3 is 0 Å². The van der Waals surface area contributed by atoms with Crippen molar-refractivity contribution in [1.82, 2.24) is 24.9 Å². The van der Waals surface area contributed by atoms with Crippen molar-refractivity contribution in [1.29, 1.82) is 0 Å². The second-order valence-electron chi connectivity index (χ2n) is 7.76. The highest BCUT2D eigenvalue weighted by atomic mass is 19.1. The van der Waals surface area contributed by atoms with Gasteiger partial charge in [-0.15, -0.1) is 0 Å². The Kier molecular flexibility index (Phi) is 7.22. The van der Waals surface area contributed by atoms with E-state index in [1.165, 1.54) is 6.07 Å². The van der Waals surface area contributed by atoms with Gasteiger partial charge in [-0.1, -0.05) is 24.2 Å². The molecular weight excluding hydrogens is 395 g/mol. The fourth-order valence-corrected chi connectivity index (χ4v) is 3.90. The molecule has 3 aromatic rings. The Labute approximate surface area is 182 Å². The Bertz CT molecular complexity index is 942. The molecule has 1 fully saturated rings. The molecule has 0 spiro atoms. The number of anilines is 1. The van der Waals surface area contributed by atoms with Gasteiger partial charge in [0.1, 0.15) is 11.5 Å². The number of halogens is 1. The number of rotatable bonds is 9. The van der Waals surface area contributed by atoms with Crippen molar-refractivity contribution in [3.05, 3.63) is 60.4 Å². The van der Waals surface area contributed by atoms with Crippen LogP contribution in [0.1, 0.15) is 19.1 Å². The summed E-state index contributed by atoms with van der Waals surface area (Å²) < 4.78 is 19.4. The smallest absolute Gasteiger partial charge is 0.225 e. The monoisotopic (exact) mass is 424 g/mol. The Morgan fingerprint density at radius 2 is 1.84 bits per heavy atom. The van der Waals surface area contributed by atoms with Crippen LogP contribution in [0.2, 0.25) is 0 Å². The maximum absolute atomic E-state index is 14.0. The van der Waals surface area contributed by atoms with Crippen LogP contribution in [-0.2, 0) is 6.54 Å². The third-order valence-corrected chi connectivity index (χ3v) is 5.69. The van der Waals surface area contributed by atoms with Gasteiger partial charge in [-0.25, -0.2) is 14.4 Å². The van der Waals surface area contributed by atoms with E-state index in [-0.39, 0.29) is 5.82 Å². The first-order valence-electron chi connectivity index (χ1n) is 10.9. The standard InChI is InChI=1S/C23H29FN6O/c1-2-28(18-19-17-22(27-31-19)20-7-3-4-8-21(20)24)11-6-12-29-13-15-30(16-14-29)23-25-9-5-10-26-23/h3-5,7-10,17H,2,6,11-16,18H2,1H3. The molecule has 0 saturated carbocycles. The van der Waals surface area contributed by atoms with E-state index in [0.29, 0.717) is 17.8 Å². The molecule has 0 radical (unpaired) electrons. The highest BCUT2D eigenvalue weighted by molar-refractivity contribution is 5.59. The molecule has 8 heteroatoms. The van der Waals surface area contributed by atoms with E-state index in [4.69, 9.17) is 4.52 Å². The normalized spacial score (nSPS) is 15.0. The van der Waals surface area contributed by atoms with Crippen molar-refractivity contribution < 1.29 is 8.91 Å². The average molecular weight is 425 g/mol. The summed E-state index contributed by atoms with van der Waals surface area (Å²) in [6.07, 6.45) is 4.67. The van der Waals surface area contributed by atoms with Crippen molar-refractivity contribution in [2.24, 2.45) is 0 Å². The van der Waals surface area contributed by atoms with Crippen molar-refractivity contribution >= 4 is 5.95 Å². The minimum absolute atomic E-state index is 0.284. The molecule has 0 atom stereocenters. The van der Waals surface area contributed by atoms with E-state index in [1.807, 2.05) is 12.1 Å². The van der Waals surface area contributed by atoms with Crippen LogP contribution in [0.15, 0.2) is 53.3 Å². The largest absolute Gasteiger partial charge is 0.359 e. The van der Waals surface area contributed by atoms with Crippen molar-refractivity contribution in [2.75, 3.05) is 50.7 Å². The highest BCUT2D eigenvalue weighted by Gasteiger charge is 2.19. The molecule has 0 unspecified atom stereocenters. The molecule has 7 nitrogen and oxygen atoms in total. The van der Waals surface area contributed by atoms with E-state index < -0.39 is 0 Å². The minimum atomic E-state index is -0.284. The number of hydrogen-bond donors (Lipinski definition) is 0. The summed E-state index contributed by atoms with van der Waals surface area (Å²) in [5.41, 5.74) is 1.02. The summed E-state index contributed by atoms with van der Waals surface area (Å²) in [6.45, 7) is 9.76. The average Bonchev–Trinajstić information content (AvgIpc) is 3.28. The number of benzene rings is 1. The van der Waals surface area contributed by atoms with Crippen molar-refractivity contribution in [2.45, 2.75) is 19.9 Å². The summed E-state index contributed by atoms with van der Waals surface area (Å²) in [6, 6.07) is 10.3. The van der Waals surface area contributed by atoms with Gasteiger partial charge in [0.05, 0.1) is 6.54 Å². The summed E-state index contributed by atoms with van der Waals surface area (Å²) in [5, 5.41) is 4.06. The van der Waals surface area contributed by atoms with E-state index in [9.17, 15) is 4.39 Å². The van der Waals surface area contributed by atoms with Gasteiger partial charge in [-0.05, 0) is 44.3 Å². The number of hydrogen-bond acceptors (Lipinski definition) is 7. The van der Waals surface area contributed by atoms with Gasteiger partial charge in [0.25, 0.3) is 0 Å². The molecule has 1 aromatic carbocycles. The van der Waals surface area contributed by atoms with Crippen molar-refractivity contribution in [3.8, 4) is 11.3 Å². The van der Waals surface area contributed by atoms with Gasteiger partial charge in [-0.2, -0.15) is 0 Å². The predicted molar refractivity (Wildman–Crippen MR) is 118 cm³/mol. The molecule has 1 aliphatic rings. The van der Waals surface area contributed by atoms with Gasteiger partial charge in [0.2, 0.25) is 5.95 Å². The zero-order chi connectivity index (χ0) is 21.5. The quantitative estimate of drug-likeness (QED) is 0.522. The topological polar surface area (TPSA) is 61.5 Å². The summed E-state index contributed by atoms with van der Waals surface area (Å²) in [7, 11) is 0. The molecule has 0 N–H and O–H groups in total. The molecular formula is C23H29FN6O. The Hall–Kier alpha value is -2.84. The summed E-state index contributed by atoms with van der Waals surface area (Å²) in [5.74, 6) is 1.30. The Balaban J connectivity index is 1.21. The van der Waals surface area contributed by atoms with Gasteiger partial charge in [0, 0.05) is 50.2 Å². The molecule has 1 saturated heterocycles. The SMILES string of the molecule is CCN(CCCN1CCN(c2ncccn2)CC1)Cc1cc(-c2ccccc2F)no1. The highest BCUT2D eigenvalue weighted by Crippen LogP contribution is 2.22. The third-order valence-electron chi connectivity index (χ3n) is 5.69. The molecule has 3 heterocycles. The minimum Gasteiger partial charge on any atom is -0.359 e. The molecule has 2 aromatic heterocycles. The second kappa shape index (κ2) is 10.5.